The first-order valence-corrected chi connectivity index (χ1v) is 10.3. The molecule has 7 heteroatoms. The minimum Gasteiger partial charge on any atom is -0.406 e. The summed E-state index contributed by atoms with van der Waals surface area (Å²) in [6.45, 7) is 2.51. The molecule has 158 valence electrons. The maximum atomic E-state index is 12.7. The number of piperidine rings is 1. The SMILES string of the molecule is CNC1CCN(C[C@H](c2cccc(OC(F)(F)F)c2)C2(O)CCCCC2)CC1. The van der Waals surface area contributed by atoms with Crippen molar-refractivity contribution in [1.29, 1.82) is 0 Å². The van der Waals surface area contributed by atoms with E-state index in [1.165, 1.54) is 12.1 Å². The van der Waals surface area contributed by atoms with Crippen LogP contribution in [0.1, 0.15) is 56.4 Å². The van der Waals surface area contributed by atoms with Gasteiger partial charge < -0.3 is 20.1 Å². The fourth-order valence-electron chi connectivity index (χ4n) is 4.69. The highest BCUT2D eigenvalue weighted by Gasteiger charge is 2.40. The van der Waals surface area contributed by atoms with E-state index in [4.69, 9.17) is 0 Å². The van der Waals surface area contributed by atoms with Crippen molar-refractivity contribution in [3.05, 3.63) is 29.8 Å². The molecule has 1 aliphatic carbocycles. The Hall–Kier alpha value is -1.31. The summed E-state index contributed by atoms with van der Waals surface area (Å²) in [5.74, 6) is -0.445. The number of benzene rings is 1. The highest BCUT2D eigenvalue weighted by molar-refractivity contribution is 5.33. The van der Waals surface area contributed by atoms with Crippen LogP contribution in [-0.4, -0.2) is 54.7 Å². The first-order chi connectivity index (χ1) is 13.3. The van der Waals surface area contributed by atoms with Crippen LogP contribution in [0.4, 0.5) is 13.2 Å². The molecule has 0 radical (unpaired) electrons. The van der Waals surface area contributed by atoms with Gasteiger partial charge >= 0.3 is 6.36 Å². The Labute approximate surface area is 165 Å². The lowest BCUT2D eigenvalue weighted by Crippen LogP contribution is -2.48. The van der Waals surface area contributed by atoms with Crippen LogP contribution in [0.15, 0.2) is 24.3 Å². The molecule has 1 aromatic rings. The average Bonchev–Trinajstić information content (AvgIpc) is 2.66. The van der Waals surface area contributed by atoms with E-state index in [2.05, 4.69) is 15.0 Å². The number of aliphatic hydroxyl groups is 1. The molecule has 1 atom stereocenters. The van der Waals surface area contributed by atoms with Gasteiger partial charge in [0.2, 0.25) is 0 Å². The van der Waals surface area contributed by atoms with Crippen molar-refractivity contribution in [1.82, 2.24) is 10.2 Å². The van der Waals surface area contributed by atoms with E-state index in [0.29, 0.717) is 25.4 Å². The zero-order chi connectivity index (χ0) is 20.2. The van der Waals surface area contributed by atoms with Crippen LogP contribution in [0.3, 0.4) is 0 Å². The molecule has 2 fully saturated rings. The third kappa shape index (κ3) is 5.61. The van der Waals surface area contributed by atoms with Gasteiger partial charge in [-0.25, -0.2) is 0 Å². The molecule has 1 saturated heterocycles. The van der Waals surface area contributed by atoms with E-state index in [0.717, 1.165) is 50.8 Å². The first kappa shape index (κ1) is 21.4. The second-order valence-corrected chi connectivity index (χ2v) is 8.20. The van der Waals surface area contributed by atoms with Crippen molar-refractivity contribution in [3.8, 4) is 5.75 Å². The van der Waals surface area contributed by atoms with Gasteiger partial charge in [0.1, 0.15) is 5.75 Å². The molecule has 1 aromatic carbocycles. The van der Waals surface area contributed by atoms with Crippen LogP contribution in [0.5, 0.6) is 5.75 Å². The van der Waals surface area contributed by atoms with Crippen LogP contribution in [0.25, 0.3) is 0 Å². The molecule has 3 rings (SSSR count). The lowest BCUT2D eigenvalue weighted by atomic mass is 9.72. The van der Waals surface area contributed by atoms with Crippen molar-refractivity contribution in [3.63, 3.8) is 0 Å². The predicted molar refractivity (Wildman–Crippen MR) is 102 cm³/mol. The second-order valence-electron chi connectivity index (χ2n) is 8.20. The van der Waals surface area contributed by atoms with E-state index in [1.807, 2.05) is 13.1 Å². The zero-order valence-electron chi connectivity index (χ0n) is 16.5. The zero-order valence-corrected chi connectivity index (χ0v) is 16.5. The molecule has 1 aliphatic heterocycles. The summed E-state index contributed by atoms with van der Waals surface area (Å²) in [6.07, 6.45) is 1.74. The van der Waals surface area contributed by atoms with Gasteiger partial charge in [0.25, 0.3) is 0 Å². The highest BCUT2D eigenvalue weighted by Crippen LogP contribution is 2.41. The van der Waals surface area contributed by atoms with E-state index < -0.39 is 12.0 Å². The monoisotopic (exact) mass is 400 g/mol. The van der Waals surface area contributed by atoms with Crippen molar-refractivity contribution in [2.24, 2.45) is 0 Å². The van der Waals surface area contributed by atoms with Gasteiger partial charge in [-0.2, -0.15) is 0 Å². The van der Waals surface area contributed by atoms with Crippen molar-refractivity contribution in [2.75, 3.05) is 26.7 Å². The molecule has 2 aliphatic rings. The lowest BCUT2D eigenvalue weighted by Gasteiger charge is -2.43. The molecule has 1 heterocycles. The highest BCUT2D eigenvalue weighted by atomic mass is 19.4. The van der Waals surface area contributed by atoms with Gasteiger partial charge in [0, 0.05) is 18.5 Å². The van der Waals surface area contributed by atoms with Gasteiger partial charge in [-0.15, -0.1) is 13.2 Å². The Bertz CT molecular complexity index is 624. The molecule has 1 saturated carbocycles. The molecule has 0 amide bonds. The molecule has 4 nitrogen and oxygen atoms in total. The van der Waals surface area contributed by atoms with Crippen molar-refractivity contribution < 1.29 is 23.0 Å². The summed E-state index contributed by atoms with van der Waals surface area (Å²) in [6, 6.07) is 6.68. The maximum absolute atomic E-state index is 12.7. The maximum Gasteiger partial charge on any atom is 0.573 e. The summed E-state index contributed by atoms with van der Waals surface area (Å²) in [4.78, 5) is 2.34. The van der Waals surface area contributed by atoms with Gasteiger partial charge in [-0.1, -0.05) is 31.4 Å². The van der Waals surface area contributed by atoms with E-state index in [9.17, 15) is 18.3 Å². The standard InChI is InChI=1S/C21H31F3N2O2/c1-25-17-8-12-26(13-9-17)15-19(20(27)10-3-2-4-11-20)16-6-5-7-18(14-16)28-21(22,23)24/h5-7,14,17,19,25,27H,2-4,8-13,15H2,1H3/t19-/m1/s1. The quantitative estimate of drug-likeness (QED) is 0.756. The number of halogens is 3. The number of alkyl halides is 3. The molecule has 28 heavy (non-hydrogen) atoms. The summed E-state index contributed by atoms with van der Waals surface area (Å²) in [5, 5.41) is 14.7. The van der Waals surface area contributed by atoms with Gasteiger partial charge in [-0.3, -0.25) is 0 Å². The Morgan fingerprint density at radius 2 is 1.89 bits per heavy atom. The first-order valence-electron chi connectivity index (χ1n) is 10.3. The van der Waals surface area contributed by atoms with E-state index >= 15 is 0 Å². The normalized spacial score (nSPS) is 22.8. The largest absolute Gasteiger partial charge is 0.573 e. The van der Waals surface area contributed by atoms with Crippen molar-refractivity contribution >= 4 is 0 Å². The number of hydrogen-bond acceptors (Lipinski definition) is 4. The van der Waals surface area contributed by atoms with Gasteiger partial charge in [0.15, 0.2) is 0 Å². The van der Waals surface area contributed by atoms with Crippen LogP contribution in [0, 0.1) is 0 Å². The molecule has 0 bridgehead atoms. The number of hydrogen-bond donors (Lipinski definition) is 2. The number of nitrogens with one attached hydrogen (secondary N) is 1. The third-order valence-corrected chi connectivity index (χ3v) is 6.30. The third-order valence-electron chi connectivity index (χ3n) is 6.30. The van der Waals surface area contributed by atoms with Crippen LogP contribution < -0.4 is 10.1 Å². The average molecular weight is 400 g/mol. The summed E-state index contributed by atoms with van der Waals surface area (Å²) in [5.41, 5.74) is -0.156. The predicted octanol–water partition coefficient (Wildman–Crippen LogP) is 4.05. The molecular formula is C21H31F3N2O2. The van der Waals surface area contributed by atoms with Gasteiger partial charge in [-0.05, 0) is 63.5 Å². The van der Waals surface area contributed by atoms with Gasteiger partial charge in [0.05, 0.1) is 5.60 Å². The number of ether oxygens (including phenoxy) is 1. The Kier molecular flexibility index (Phi) is 6.89. The molecule has 0 unspecified atom stereocenters. The molecule has 0 spiro atoms. The summed E-state index contributed by atoms with van der Waals surface area (Å²) in [7, 11) is 1.97. The van der Waals surface area contributed by atoms with Crippen LogP contribution in [0.2, 0.25) is 0 Å². The smallest absolute Gasteiger partial charge is 0.406 e. The molecule has 0 aromatic heterocycles. The topological polar surface area (TPSA) is 44.7 Å². The Morgan fingerprint density at radius 1 is 1.21 bits per heavy atom. The minimum atomic E-state index is -4.72. The number of nitrogens with zero attached hydrogens (tertiary/aromatic N) is 1. The number of rotatable bonds is 6. The van der Waals surface area contributed by atoms with Crippen LogP contribution in [-0.2, 0) is 0 Å². The fraction of sp³-hybridized carbons (Fsp3) is 0.714. The minimum absolute atomic E-state index is 0.219. The fourth-order valence-corrected chi connectivity index (χ4v) is 4.69. The van der Waals surface area contributed by atoms with E-state index in [1.54, 1.807) is 6.07 Å². The van der Waals surface area contributed by atoms with E-state index in [-0.39, 0.29) is 11.7 Å². The van der Waals surface area contributed by atoms with Crippen LogP contribution >= 0.6 is 0 Å². The summed E-state index contributed by atoms with van der Waals surface area (Å²) >= 11 is 0. The Morgan fingerprint density at radius 3 is 2.50 bits per heavy atom. The second kappa shape index (κ2) is 9.01. The van der Waals surface area contributed by atoms with Crippen molar-refractivity contribution in [2.45, 2.75) is 68.9 Å². The number of likely N-dealkylation sites (tertiary alicyclic amines) is 1. The summed E-state index contributed by atoms with van der Waals surface area (Å²) < 4.78 is 42.1. The lowest BCUT2D eigenvalue weighted by molar-refractivity contribution is -0.274. The molecule has 2 N–H and O–H groups in total. The Balaban J connectivity index is 1.81. The molecular weight excluding hydrogens is 369 g/mol.